The van der Waals surface area contributed by atoms with Crippen molar-refractivity contribution in [3.8, 4) is 5.75 Å². The standard InChI is InChI=1S/C12H11N5OS/c1-18-9-4-7(2-3-8(9)13)19-12-10-11(15-5-14-10)16-6-17-12/h2-6H,13H2,1H3,(H,14,15,16,17). The van der Waals surface area contributed by atoms with Crippen LogP contribution in [0.5, 0.6) is 5.75 Å². The first-order valence-electron chi connectivity index (χ1n) is 5.53. The Morgan fingerprint density at radius 1 is 1.26 bits per heavy atom. The summed E-state index contributed by atoms with van der Waals surface area (Å²) in [6.45, 7) is 0. The lowest BCUT2D eigenvalue weighted by Crippen LogP contribution is -1.92. The quantitative estimate of drug-likeness (QED) is 0.561. The number of nitrogens with zero attached hydrogens (tertiary/aromatic N) is 3. The first-order chi connectivity index (χ1) is 9.28. The molecule has 2 aromatic heterocycles. The Labute approximate surface area is 113 Å². The van der Waals surface area contributed by atoms with Crippen molar-refractivity contribution in [1.29, 1.82) is 0 Å². The van der Waals surface area contributed by atoms with Crippen LogP contribution in [0.15, 0.2) is 40.8 Å². The van der Waals surface area contributed by atoms with Gasteiger partial charge in [0.1, 0.15) is 22.6 Å². The van der Waals surface area contributed by atoms with Gasteiger partial charge in [0.05, 0.1) is 19.1 Å². The molecule has 0 radical (unpaired) electrons. The van der Waals surface area contributed by atoms with Gasteiger partial charge in [-0.25, -0.2) is 15.0 Å². The van der Waals surface area contributed by atoms with Crippen molar-refractivity contribution < 1.29 is 4.74 Å². The minimum atomic E-state index is 0.612. The van der Waals surface area contributed by atoms with E-state index in [1.807, 2.05) is 18.2 Å². The molecule has 0 amide bonds. The van der Waals surface area contributed by atoms with E-state index in [1.165, 1.54) is 18.1 Å². The molecule has 96 valence electrons. The van der Waals surface area contributed by atoms with E-state index >= 15 is 0 Å². The highest BCUT2D eigenvalue weighted by atomic mass is 32.2. The summed E-state index contributed by atoms with van der Waals surface area (Å²) >= 11 is 1.50. The van der Waals surface area contributed by atoms with Crippen LogP contribution in [0.4, 0.5) is 5.69 Å². The monoisotopic (exact) mass is 273 g/mol. The Morgan fingerprint density at radius 3 is 3.00 bits per heavy atom. The van der Waals surface area contributed by atoms with E-state index in [2.05, 4.69) is 19.9 Å². The molecule has 0 aliphatic heterocycles. The fourth-order valence-electron chi connectivity index (χ4n) is 1.69. The topological polar surface area (TPSA) is 89.7 Å². The number of benzene rings is 1. The number of nitrogens with one attached hydrogen (secondary N) is 1. The molecule has 0 bridgehead atoms. The molecule has 6 nitrogen and oxygen atoms in total. The smallest absolute Gasteiger partial charge is 0.181 e. The number of nitrogen functional groups attached to an aromatic ring is 1. The molecule has 0 saturated heterocycles. The molecular formula is C12H11N5OS. The molecule has 3 aromatic rings. The summed E-state index contributed by atoms with van der Waals surface area (Å²) in [5, 5.41) is 0.814. The van der Waals surface area contributed by atoms with Crippen LogP contribution in [0.1, 0.15) is 0 Å². The van der Waals surface area contributed by atoms with Gasteiger partial charge in [-0.2, -0.15) is 0 Å². The number of imidazole rings is 1. The summed E-state index contributed by atoms with van der Waals surface area (Å²) in [5.41, 5.74) is 7.88. The van der Waals surface area contributed by atoms with Crippen LogP contribution < -0.4 is 10.5 Å². The average molecular weight is 273 g/mol. The third kappa shape index (κ3) is 2.19. The van der Waals surface area contributed by atoms with Crippen LogP contribution >= 0.6 is 11.8 Å². The maximum atomic E-state index is 5.79. The first-order valence-corrected chi connectivity index (χ1v) is 6.35. The predicted molar refractivity (Wildman–Crippen MR) is 73.2 cm³/mol. The van der Waals surface area contributed by atoms with Crippen molar-refractivity contribution in [2.75, 3.05) is 12.8 Å². The summed E-state index contributed by atoms with van der Waals surface area (Å²) in [4.78, 5) is 16.5. The molecule has 3 N–H and O–H groups in total. The number of fused-ring (bicyclic) bond motifs is 1. The highest BCUT2D eigenvalue weighted by Gasteiger charge is 2.09. The van der Waals surface area contributed by atoms with E-state index in [0.717, 1.165) is 15.4 Å². The van der Waals surface area contributed by atoms with Crippen LogP contribution in [-0.2, 0) is 0 Å². The second kappa shape index (κ2) is 4.77. The highest BCUT2D eigenvalue weighted by Crippen LogP contribution is 2.33. The van der Waals surface area contributed by atoms with Crippen molar-refractivity contribution in [3.63, 3.8) is 0 Å². The van der Waals surface area contributed by atoms with Crippen LogP contribution in [0.25, 0.3) is 11.2 Å². The fraction of sp³-hybridized carbons (Fsp3) is 0.0833. The number of anilines is 1. The van der Waals surface area contributed by atoms with Crippen LogP contribution in [0, 0.1) is 0 Å². The van der Waals surface area contributed by atoms with Gasteiger partial charge < -0.3 is 15.5 Å². The number of ether oxygens (including phenoxy) is 1. The van der Waals surface area contributed by atoms with Gasteiger partial charge in [0.25, 0.3) is 0 Å². The van der Waals surface area contributed by atoms with Crippen molar-refractivity contribution in [2.24, 2.45) is 0 Å². The maximum Gasteiger partial charge on any atom is 0.181 e. The van der Waals surface area contributed by atoms with Gasteiger partial charge in [0.2, 0.25) is 0 Å². The summed E-state index contributed by atoms with van der Waals surface area (Å²) in [6.07, 6.45) is 3.10. The average Bonchev–Trinajstić information content (AvgIpc) is 2.90. The molecule has 0 aliphatic carbocycles. The molecule has 0 spiro atoms. The van der Waals surface area contributed by atoms with Gasteiger partial charge >= 0.3 is 0 Å². The number of hydrogen-bond donors (Lipinski definition) is 2. The molecule has 7 heteroatoms. The number of aromatic amines is 1. The lowest BCUT2D eigenvalue weighted by Gasteiger charge is -2.07. The van der Waals surface area contributed by atoms with Gasteiger partial charge in [-0.15, -0.1) is 0 Å². The number of H-pyrrole nitrogens is 1. The zero-order valence-corrected chi connectivity index (χ0v) is 10.9. The molecule has 0 aliphatic rings. The van der Waals surface area contributed by atoms with Gasteiger partial charge in [0.15, 0.2) is 5.65 Å². The number of hydrogen-bond acceptors (Lipinski definition) is 6. The Kier molecular flexibility index (Phi) is 2.96. The molecule has 2 heterocycles. The number of nitrogens with two attached hydrogens (primary N) is 1. The molecule has 0 atom stereocenters. The molecule has 19 heavy (non-hydrogen) atoms. The number of methoxy groups -OCH3 is 1. The van der Waals surface area contributed by atoms with E-state index in [0.29, 0.717) is 17.1 Å². The predicted octanol–water partition coefficient (Wildman–Crippen LogP) is 2.09. The minimum absolute atomic E-state index is 0.612. The lowest BCUT2D eigenvalue weighted by atomic mass is 10.3. The van der Waals surface area contributed by atoms with E-state index in [9.17, 15) is 0 Å². The van der Waals surface area contributed by atoms with E-state index in [-0.39, 0.29) is 0 Å². The molecule has 0 unspecified atom stereocenters. The Hall–Kier alpha value is -2.28. The zero-order valence-electron chi connectivity index (χ0n) is 10.1. The third-order valence-electron chi connectivity index (χ3n) is 2.61. The van der Waals surface area contributed by atoms with Gasteiger partial charge in [0, 0.05) is 4.90 Å². The third-order valence-corrected chi connectivity index (χ3v) is 3.60. The molecular weight excluding hydrogens is 262 g/mol. The first kappa shape index (κ1) is 11.8. The SMILES string of the molecule is COc1cc(Sc2ncnc3nc[nH]c23)ccc1N. The zero-order chi connectivity index (χ0) is 13.2. The second-order valence-corrected chi connectivity index (χ2v) is 4.85. The maximum absolute atomic E-state index is 5.79. The fourth-order valence-corrected chi connectivity index (χ4v) is 2.56. The minimum Gasteiger partial charge on any atom is -0.495 e. The van der Waals surface area contributed by atoms with Gasteiger partial charge in [-0.05, 0) is 18.2 Å². The second-order valence-electron chi connectivity index (χ2n) is 3.79. The molecule has 3 rings (SSSR count). The Balaban J connectivity index is 1.99. The summed E-state index contributed by atoms with van der Waals surface area (Å²) in [7, 11) is 1.60. The van der Waals surface area contributed by atoms with Crippen molar-refractivity contribution >= 4 is 28.6 Å². The molecule has 0 saturated carbocycles. The van der Waals surface area contributed by atoms with E-state index in [1.54, 1.807) is 13.4 Å². The number of rotatable bonds is 3. The normalized spacial score (nSPS) is 10.8. The molecule has 0 fully saturated rings. The van der Waals surface area contributed by atoms with Gasteiger partial charge in [-0.3, -0.25) is 0 Å². The van der Waals surface area contributed by atoms with Crippen LogP contribution in [-0.4, -0.2) is 27.0 Å². The van der Waals surface area contributed by atoms with Crippen molar-refractivity contribution in [3.05, 3.63) is 30.9 Å². The van der Waals surface area contributed by atoms with Crippen LogP contribution in [0.3, 0.4) is 0 Å². The highest BCUT2D eigenvalue weighted by molar-refractivity contribution is 7.99. The molecule has 1 aromatic carbocycles. The summed E-state index contributed by atoms with van der Waals surface area (Å²) in [5.74, 6) is 0.653. The van der Waals surface area contributed by atoms with Crippen molar-refractivity contribution in [1.82, 2.24) is 19.9 Å². The van der Waals surface area contributed by atoms with E-state index < -0.39 is 0 Å². The van der Waals surface area contributed by atoms with Crippen molar-refractivity contribution in [2.45, 2.75) is 9.92 Å². The van der Waals surface area contributed by atoms with Gasteiger partial charge in [-0.1, -0.05) is 11.8 Å². The summed E-state index contributed by atoms with van der Waals surface area (Å²) < 4.78 is 5.20. The van der Waals surface area contributed by atoms with Crippen LogP contribution in [0.2, 0.25) is 0 Å². The largest absolute Gasteiger partial charge is 0.495 e. The Morgan fingerprint density at radius 2 is 2.16 bits per heavy atom. The lowest BCUT2D eigenvalue weighted by molar-refractivity contribution is 0.416. The summed E-state index contributed by atoms with van der Waals surface area (Å²) in [6, 6.07) is 5.61. The van der Waals surface area contributed by atoms with E-state index in [4.69, 9.17) is 10.5 Å². The number of aromatic nitrogens is 4. The Bertz CT molecular complexity index is 727.